The van der Waals surface area contributed by atoms with E-state index in [2.05, 4.69) is 9.97 Å². The normalized spacial score (nSPS) is 10.4. The molecule has 0 radical (unpaired) electrons. The lowest BCUT2D eigenvalue weighted by molar-refractivity contribution is 0.505. The van der Waals surface area contributed by atoms with E-state index >= 15 is 0 Å². The minimum atomic E-state index is -0.953. The van der Waals surface area contributed by atoms with Crippen molar-refractivity contribution in [2.75, 3.05) is 5.73 Å². The highest BCUT2D eigenvalue weighted by Gasteiger charge is 2.14. The van der Waals surface area contributed by atoms with Gasteiger partial charge in [-0.15, -0.1) is 0 Å². The maximum absolute atomic E-state index is 13.6. The monoisotopic (exact) mass is 221 g/mol. The molecule has 0 spiro atoms. The van der Waals surface area contributed by atoms with E-state index < -0.39 is 11.6 Å². The van der Waals surface area contributed by atoms with Crippen LogP contribution in [0.2, 0.25) is 0 Å². The predicted molar refractivity (Wildman–Crippen MR) is 56.5 cm³/mol. The zero-order valence-corrected chi connectivity index (χ0v) is 8.54. The van der Waals surface area contributed by atoms with E-state index in [1.807, 2.05) is 0 Å². The largest absolute Gasteiger partial charge is 0.384 e. The van der Waals surface area contributed by atoms with Crippen LogP contribution in [0.15, 0.2) is 24.4 Å². The van der Waals surface area contributed by atoms with Gasteiger partial charge in [0, 0.05) is 6.20 Å². The third kappa shape index (κ3) is 1.71. The van der Waals surface area contributed by atoms with E-state index in [1.165, 1.54) is 31.3 Å². The van der Waals surface area contributed by atoms with Gasteiger partial charge in [0.1, 0.15) is 5.82 Å². The fourth-order valence-corrected chi connectivity index (χ4v) is 1.32. The van der Waals surface area contributed by atoms with Crippen molar-refractivity contribution in [3.63, 3.8) is 0 Å². The predicted octanol–water partition coefficient (Wildman–Crippen LogP) is 2.31. The molecule has 0 aliphatic rings. The summed E-state index contributed by atoms with van der Waals surface area (Å²) in [6.45, 7) is 1.49. The molecule has 0 fully saturated rings. The number of hydrogen-bond donors (Lipinski definition) is 1. The van der Waals surface area contributed by atoms with Crippen molar-refractivity contribution in [3.8, 4) is 11.4 Å². The van der Waals surface area contributed by atoms with Gasteiger partial charge in [-0.25, -0.2) is 18.7 Å². The number of anilines is 1. The van der Waals surface area contributed by atoms with Crippen LogP contribution in [0.25, 0.3) is 11.4 Å². The third-order valence-electron chi connectivity index (χ3n) is 2.19. The van der Waals surface area contributed by atoms with Crippen molar-refractivity contribution in [3.05, 3.63) is 41.6 Å². The summed E-state index contributed by atoms with van der Waals surface area (Å²) in [7, 11) is 0. The molecule has 0 aliphatic carbocycles. The lowest BCUT2D eigenvalue weighted by Crippen LogP contribution is -1.99. The van der Waals surface area contributed by atoms with Crippen LogP contribution < -0.4 is 5.73 Å². The Morgan fingerprint density at radius 1 is 1.12 bits per heavy atom. The third-order valence-corrected chi connectivity index (χ3v) is 2.19. The van der Waals surface area contributed by atoms with E-state index in [0.717, 1.165) is 0 Å². The highest BCUT2D eigenvalue weighted by atomic mass is 19.2. The fraction of sp³-hybridized carbons (Fsp3) is 0.0909. The number of halogens is 2. The lowest BCUT2D eigenvalue weighted by atomic mass is 10.1. The second kappa shape index (κ2) is 3.84. The van der Waals surface area contributed by atoms with Gasteiger partial charge in [0.25, 0.3) is 0 Å². The van der Waals surface area contributed by atoms with Gasteiger partial charge in [0.15, 0.2) is 17.5 Å². The van der Waals surface area contributed by atoms with Gasteiger partial charge < -0.3 is 5.73 Å². The Morgan fingerprint density at radius 3 is 2.56 bits per heavy atom. The zero-order chi connectivity index (χ0) is 11.7. The molecule has 0 saturated carbocycles. The number of aryl methyl sites for hydroxylation is 1. The van der Waals surface area contributed by atoms with Crippen molar-refractivity contribution in [1.82, 2.24) is 9.97 Å². The molecule has 0 unspecified atom stereocenters. The van der Waals surface area contributed by atoms with Crippen molar-refractivity contribution in [1.29, 1.82) is 0 Å². The highest BCUT2D eigenvalue weighted by Crippen LogP contribution is 2.23. The fourth-order valence-electron chi connectivity index (χ4n) is 1.32. The maximum atomic E-state index is 13.6. The molecule has 82 valence electrons. The molecule has 1 heterocycles. The van der Waals surface area contributed by atoms with Gasteiger partial charge in [-0.05, 0) is 24.6 Å². The molecule has 1 aromatic heterocycles. The smallest absolute Gasteiger partial charge is 0.170 e. The molecule has 16 heavy (non-hydrogen) atoms. The minimum Gasteiger partial charge on any atom is -0.384 e. The van der Waals surface area contributed by atoms with E-state index in [-0.39, 0.29) is 22.8 Å². The molecular weight excluding hydrogens is 212 g/mol. The molecule has 2 aromatic rings. The zero-order valence-electron chi connectivity index (χ0n) is 8.54. The number of nitrogen functional groups attached to an aromatic ring is 1. The van der Waals surface area contributed by atoms with Crippen LogP contribution in [0.5, 0.6) is 0 Å². The van der Waals surface area contributed by atoms with Gasteiger partial charge in [-0.3, -0.25) is 0 Å². The highest BCUT2D eigenvalue weighted by molar-refractivity contribution is 5.58. The first-order valence-corrected chi connectivity index (χ1v) is 4.63. The Morgan fingerprint density at radius 2 is 1.88 bits per heavy atom. The van der Waals surface area contributed by atoms with Gasteiger partial charge in [0.05, 0.1) is 5.56 Å². The van der Waals surface area contributed by atoms with E-state index in [4.69, 9.17) is 5.73 Å². The Kier molecular flexibility index (Phi) is 2.52. The van der Waals surface area contributed by atoms with E-state index in [9.17, 15) is 8.78 Å². The molecule has 0 amide bonds. The molecule has 0 bridgehead atoms. The summed E-state index contributed by atoms with van der Waals surface area (Å²) in [5.74, 6) is -1.55. The van der Waals surface area contributed by atoms with Crippen LogP contribution in [0.3, 0.4) is 0 Å². The maximum Gasteiger partial charge on any atom is 0.170 e. The molecule has 3 nitrogen and oxygen atoms in total. The van der Waals surface area contributed by atoms with Crippen LogP contribution in [0, 0.1) is 18.6 Å². The van der Waals surface area contributed by atoms with Crippen molar-refractivity contribution >= 4 is 5.82 Å². The second-order valence-electron chi connectivity index (χ2n) is 3.36. The summed E-state index contributed by atoms with van der Waals surface area (Å²) in [5, 5.41) is 0. The average Bonchev–Trinajstić information content (AvgIpc) is 2.26. The van der Waals surface area contributed by atoms with E-state index in [0.29, 0.717) is 0 Å². The lowest BCUT2D eigenvalue weighted by Gasteiger charge is -2.04. The molecule has 1 aromatic carbocycles. The van der Waals surface area contributed by atoms with Crippen molar-refractivity contribution < 1.29 is 8.78 Å². The van der Waals surface area contributed by atoms with Crippen LogP contribution in [0.4, 0.5) is 14.6 Å². The molecule has 2 rings (SSSR count). The topological polar surface area (TPSA) is 51.8 Å². The summed E-state index contributed by atoms with van der Waals surface area (Å²) in [5.41, 5.74) is 5.70. The molecule has 0 atom stereocenters. The van der Waals surface area contributed by atoms with Crippen LogP contribution in [0.1, 0.15) is 5.56 Å². The van der Waals surface area contributed by atoms with Gasteiger partial charge in [-0.2, -0.15) is 0 Å². The minimum absolute atomic E-state index is 0.00963. The van der Waals surface area contributed by atoms with Crippen molar-refractivity contribution in [2.45, 2.75) is 6.92 Å². The number of hydrogen-bond acceptors (Lipinski definition) is 3. The molecule has 2 N–H and O–H groups in total. The molecular formula is C11H9F2N3. The number of aromatic nitrogens is 2. The van der Waals surface area contributed by atoms with Crippen molar-refractivity contribution in [2.24, 2.45) is 0 Å². The summed E-state index contributed by atoms with van der Waals surface area (Å²) in [6, 6.07) is 4.38. The van der Waals surface area contributed by atoms with Crippen LogP contribution in [-0.4, -0.2) is 9.97 Å². The number of rotatable bonds is 1. The summed E-state index contributed by atoms with van der Waals surface area (Å²) in [4.78, 5) is 7.68. The van der Waals surface area contributed by atoms with Gasteiger partial charge in [0.2, 0.25) is 0 Å². The van der Waals surface area contributed by atoms with E-state index in [1.54, 1.807) is 0 Å². The Bertz CT molecular complexity index is 541. The van der Waals surface area contributed by atoms with Gasteiger partial charge >= 0.3 is 0 Å². The Hall–Kier alpha value is -2.04. The number of nitrogens with zero attached hydrogens (tertiary/aromatic N) is 2. The summed E-state index contributed by atoms with van der Waals surface area (Å²) < 4.78 is 26.9. The molecule has 0 saturated heterocycles. The quantitative estimate of drug-likeness (QED) is 0.803. The second-order valence-corrected chi connectivity index (χ2v) is 3.36. The summed E-state index contributed by atoms with van der Waals surface area (Å²) in [6.07, 6.45) is 1.40. The first-order chi connectivity index (χ1) is 7.59. The van der Waals surface area contributed by atoms with Crippen LogP contribution >= 0.6 is 0 Å². The molecule has 0 aliphatic heterocycles. The van der Waals surface area contributed by atoms with Gasteiger partial charge in [-0.1, -0.05) is 6.07 Å². The standard InChI is InChI=1S/C11H9F2N3/c1-6-2-3-7(10(13)9(6)12)11-15-5-4-8(14)16-11/h2-5H,1H3,(H2,14,15,16). The number of nitrogens with two attached hydrogens (primary N) is 1. The Labute approximate surface area is 91.0 Å². The average molecular weight is 221 g/mol. The number of benzene rings is 1. The van der Waals surface area contributed by atoms with Crippen LogP contribution in [-0.2, 0) is 0 Å². The summed E-state index contributed by atoms with van der Waals surface area (Å²) >= 11 is 0. The Balaban J connectivity index is 2.61. The first kappa shape index (κ1) is 10.5. The molecule has 5 heteroatoms. The first-order valence-electron chi connectivity index (χ1n) is 4.63. The SMILES string of the molecule is Cc1ccc(-c2nccc(N)n2)c(F)c1F.